The van der Waals surface area contributed by atoms with Gasteiger partial charge >= 0.3 is 6.11 Å². The van der Waals surface area contributed by atoms with Crippen molar-refractivity contribution in [2.24, 2.45) is 5.92 Å². The van der Waals surface area contributed by atoms with E-state index in [1.807, 2.05) is 0 Å². The van der Waals surface area contributed by atoms with Crippen molar-refractivity contribution in [2.45, 2.75) is 115 Å². The molecule has 53 heavy (non-hydrogen) atoms. The Labute approximate surface area is 305 Å². The zero-order valence-corrected chi connectivity index (χ0v) is 29.8. The first-order valence-corrected chi connectivity index (χ1v) is 18.7. The third-order valence-electron chi connectivity index (χ3n) is 10.4. The van der Waals surface area contributed by atoms with Gasteiger partial charge < -0.3 is 4.74 Å². The number of hydrogen-bond donors (Lipinski definition) is 0. The van der Waals surface area contributed by atoms with Crippen LogP contribution in [0.1, 0.15) is 120 Å². The summed E-state index contributed by atoms with van der Waals surface area (Å²) in [7, 11) is 0. The fraction of sp³-hybridized carbons (Fsp3) is 0.442. The Morgan fingerprint density at radius 3 is 1.57 bits per heavy atom. The highest BCUT2D eigenvalue weighted by atomic mass is 19.3. The van der Waals surface area contributed by atoms with Gasteiger partial charge in [0.15, 0.2) is 17.5 Å². The molecule has 4 aromatic rings. The molecule has 0 radical (unpaired) electrons. The summed E-state index contributed by atoms with van der Waals surface area (Å²) in [4.78, 5) is 0. The predicted octanol–water partition coefficient (Wildman–Crippen LogP) is 14.7. The van der Waals surface area contributed by atoms with Gasteiger partial charge in [-0.05, 0) is 96.7 Å². The summed E-state index contributed by atoms with van der Waals surface area (Å²) in [5.74, 6) is -10.5. The first-order chi connectivity index (χ1) is 25.4. The maximum atomic E-state index is 15.4. The summed E-state index contributed by atoms with van der Waals surface area (Å²) in [6.45, 7) is 2.23. The average molecular weight is 749 g/mol. The molecule has 5 rings (SSSR count). The van der Waals surface area contributed by atoms with Gasteiger partial charge in [0.1, 0.15) is 34.6 Å². The highest BCUT2D eigenvalue weighted by Gasteiger charge is 2.41. The molecule has 0 amide bonds. The predicted molar refractivity (Wildman–Crippen MR) is 189 cm³/mol. The summed E-state index contributed by atoms with van der Waals surface area (Å²) in [5, 5.41) is 0. The van der Waals surface area contributed by atoms with E-state index in [1.165, 1.54) is 82.8 Å². The average Bonchev–Trinajstić information content (AvgIpc) is 3.11. The van der Waals surface area contributed by atoms with E-state index in [2.05, 4.69) is 11.7 Å². The fourth-order valence-corrected chi connectivity index (χ4v) is 7.43. The summed E-state index contributed by atoms with van der Waals surface area (Å²) < 4.78 is 136. The van der Waals surface area contributed by atoms with E-state index in [-0.39, 0.29) is 17.0 Å². The lowest BCUT2D eigenvalue weighted by Crippen LogP contribution is -2.25. The molecule has 1 aliphatic rings. The third kappa shape index (κ3) is 10.4. The number of benzene rings is 4. The summed E-state index contributed by atoms with van der Waals surface area (Å²) in [5.41, 5.74) is -2.34. The molecule has 0 saturated heterocycles. The molecule has 1 saturated carbocycles. The van der Waals surface area contributed by atoms with E-state index in [0.717, 1.165) is 43.4 Å². The lowest BCUT2D eigenvalue weighted by molar-refractivity contribution is -0.189. The van der Waals surface area contributed by atoms with E-state index >= 15 is 22.0 Å². The second kappa shape index (κ2) is 18.4. The van der Waals surface area contributed by atoms with Gasteiger partial charge in [-0.25, -0.2) is 30.7 Å². The Balaban J connectivity index is 1.16. The van der Waals surface area contributed by atoms with Crippen LogP contribution in [0.2, 0.25) is 0 Å². The van der Waals surface area contributed by atoms with Crippen molar-refractivity contribution in [1.82, 2.24) is 0 Å². The molecule has 0 bridgehead atoms. The van der Waals surface area contributed by atoms with Crippen molar-refractivity contribution >= 4 is 0 Å². The first kappa shape index (κ1) is 40.2. The second-order valence-electron chi connectivity index (χ2n) is 14.3. The molecule has 0 aliphatic heterocycles. The minimum absolute atomic E-state index is 0.158. The number of alkyl halides is 2. The molecule has 0 atom stereocenters. The zero-order chi connectivity index (χ0) is 38.1. The van der Waals surface area contributed by atoms with E-state index < -0.39 is 69.3 Å². The van der Waals surface area contributed by atoms with Crippen molar-refractivity contribution in [3.05, 3.63) is 113 Å². The molecular formula is C43H45F9O. The fourth-order valence-electron chi connectivity index (χ4n) is 7.43. The van der Waals surface area contributed by atoms with Crippen LogP contribution < -0.4 is 4.74 Å². The molecule has 1 fully saturated rings. The SMILES string of the molecule is CCCCCCCCCCCCC1CCC(c2ccc(-c3cc(F)c(C(F)(F)Oc4ccc(-c5cc(F)c(F)c(F)c5)c(F)c4)c(F)c3)c(F)c2)CC1. The van der Waals surface area contributed by atoms with Gasteiger partial charge in [-0.2, -0.15) is 8.78 Å². The Kier molecular flexibility index (Phi) is 14.0. The quantitative estimate of drug-likeness (QED) is 0.0594. The van der Waals surface area contributed by atoms with Crippen LogP contribution in [0.3, 0.4) is 0 Å². The van der Waals surface area contributed by atoms with E-state index in [0.29, 0.717) is 36.2 Å². The molecule has 1 aliphatic carbocycles. The monoisotopic (exact) mass is 748 g/mol. The lowest BCUT2D eigenvalue weighted by atomic mass is 9.77. The number of ether oxygens (including phenoxy) is 1. The summed E-state index contributed by atoms with van der Waals surface area (Å²) in [6.07, 6.45) is 13.6. The summed E-state index contributed by atoms with van der Waals surface area (Å²) >= 11 is 0. The molecule has 0 spiro atoms. The molecule has 10 heteroatoms. The number of halogens is 9. The highest BCUT2D eigenvalue weighted by Crippen LogP contribution is 2.41. The number of hydrogen-bond acceptors (Lipinski definition) is 1. The van der Waals surface area contributed by atoms with Crippen LogP contribution in [-0.4, -0.2) is 0 Å². The van der Waals surface area contributed by atoms with E-state index in [1.54, 1.807) is 6.07 Å². The topological polar surface area (TPSA) is 9.23 Å². The van der Waals surface area contributed by atoms with Gasteiger partial charge in [0, 0.05) is 17.2 Å². The molecule has 1 nitrogen and oxygen atoms in total. The minimum Gasteiger partial charge on any atom is -0.429 e. The molecule has 0 heterocycles. The van der Waals surface area contributed by atoms with Gasteiger partial charge in [-0.3, -0.25) is 0 Å². The summed E-state index contributed by atoms with van der Waals surface area (Å²) in [6, 6.07) is 8.68. The van der Waals surface area contributed by atoms with E-state index in [4.69, 9.17) is 0 Å². The van der Waals surface area contributed by atoms with Crippen molar-refractivity contribution < 1.29 is 44.3 Å². The maximum absolute atomic E-state index is 15.4. The highest BCUT2D eigenvalue weighted by molar-refractivity contribution is 5.66. The van der Waals surface area contributed by atoms with Crippen molar-refractivity contribution in [3.8, 4) is 28.0 Å². The van der Waals surface area contributed by atoms with Crippen LogP contribution in [0.25, 0.3) is 22.3 Å². The molecule has 4 aromatic carbocycles. The Hall–Kier alpha value is -3.95. The van der Waals surface area contributed by atoms with Crippen LogP contribution in [0.5, 0.6) is 5.75 Å². The molecule has 0 aromatic heterocycles. The second-order valence-corrected chi connectivity index (χ2v) is 14.3. The largest absolute Gasteiger partial charge is 0.432 e. The van der Waals surface area contributed by atoms with Gasteiger partial charge in [0.25, 0.3) is 0 Å². The molecule has 286 valence electrons. The van der Waals surface area contributed by atoms with Crippen LogP contribution in [-0.2, 0) is 6.11 Å². The van der Waals surface area contributed by atoms with Crippen molar-refractivity contribution in [2.75, 3.05) is 0 Å². The maximum Gasteiger partial charge on any atom is 0.432 e. The lowest BCUT2D eigenvalue weighted by Gasteiger charge is -2.29. The first-order valence-electron chi connectivity index (χ1n) is 18.7. The number of unbranched alkanes of at least 4 members (excludes halogenated alkanes) is 9. The zero-order valence-electron chi connectivity index (χ0n) is 29.8. The van der Waals surface area contributed by atoms with Crippen molar-refractivity contribution in [3.63, 3.8) is 0 Å². The van der Waals surface area contributed by atoms with Crippen molar-refractivity contribution in [1.29, 1.82) is 0 Å². The van der Waals surface area contributed by atoms with Crippen LogP contribution >= 0.6 is 0 Å². The Morgan fingerprint density at radius 1 is 0.547 bits per heavy atom. The Morgan fingerprint density at radius 2 is 1.04 bits per heavy atom. The van der Waals surface area contributed by atoms with Crippen LogP contribution in [0.4, 0.5) is 39.5 Å². The van der Waals surface area contributed by atoms with E-state index in [9.17, 15) is 17.6 Å². The van der Waals surface area contributed by atoms with Crippen LogP contribution in [0.15, 0.2) is 60.7 Å². The van der Waals surface area contributed by atoms with Gasteiger partial charge in [0.05, 0.1) is 0 Å². The normalized spacial score (nSPS) is 16.3. The van der Waals surface area contributed by atoms with Gasteiger partial charge in [-0.1, -0.05) is 89.7 Å². The number of rotatable bonds is 17. The standard InChI is InChI=1S/C43H45F9O/c1-2-3-4-5-6-7-8-9-10-11-12-27-13-15-28(16-14-27)29-17-19-33(35(44)21-29)30-22-37(46)41(38(47)23-30)43(51,52)53-32-18-20-34(36(45)26-32)31-24-39(48)42(50)40(49)25-31/h17-28H,2-16H2,1H3. The van der Waals surface area contributed by atoms with Gasteiger partial charge in [0.2, 0.25) is 0 Å². The molecule has 0 N–H and O–H groups in total. The third-order valence-corrected chi connectivity index (χ3v) is 10.4. The van der Waals surface area contributed by atoms with Crippen LogP contribution in [0, 0.1) is 46.6 Å². The smallest absolute Gasteiger partial charge is 0.429 e. The van der Waals surface area contributed by atoms with Gasteiger partial charge in [-0.15, -0.1) is 0 Å². The minimum atomic E-state index is -4.65. The molecular weight excluding hydrogens is 703 g/mol. The molecule has 0 unspecified atom stereocenters. The Bertz CT molecular complexity index is 1780.